The Kier molecular flexibility index (Phi) is 8.09. The first-order valence-corrected chi connectivity index (χ1v) is 16.3. The topological polar surface area (TPSA) is 116 Å². The Balaban J connectivity index is 1.39. The van der Waals surface area contributed by atoms with Gasteiger partial charge in [0.1, 0.15) is 0 Å². The molecule has 37 heavy (non-hydrogen) atoms. The molecule has 7 nitrogen and oxygen atoms in total. The summed E-state index contributed by atoms with van der Waals surface area (Å²) in [6, 6.07) is -0.651. The number of rotatable bonds is 6. The largest absolute Gasteiger partial charge is 0.393 e. The summed E-state index contributed by atoms with van der Waals surface area (Å²) in [5.74, 6) is 2.66. The van der Waals surface area contributed by atoms with Gasteiger partial charge < -0.3 is 15.5 Å². The molecule has 0 aliphatic heterocycles. The van der Waals surface area contributed by atoms with Crippen molar-refractivity contribution in [2.45, 2.75) is 123 Å². The Labute approximate surface area is 225 Å². The molecule has 0 aromatic rings. The number of amides is 2. The summed E-state index contributed by atoms with van der Waals surface area (Å²) in [6.45, 7) is 12.3. The highest BCUT2D eigenvalue weighted by molar-refractivity contribution is 7.91. The third-order valence-corrected chi connectivity index (χ3v) is 13.7. The smallest absolute Gasteiger partial charge is 0.328 e. The van der Waals surface area contributed by atoms with Crippen LogP contribution in [0.3, 0.4) is 0 Å². The monoisotopic (exact) mass is 540 g/mol. The van der Waals surface area contributed by atoms with E-state index in [1.54, 1.807) is 20.8 Å². The van der Waals surface area contributed by atoms with Crippen LogP contribution in [-0.2, 0) is 10.0 Å². The number of urea groups is 1. The molecule has 0 aromatic heterocycles. The first-order chi connectivity index (χ1) is 17.2. The van der Waals surface area contributed by atoms with Crippen LogP contribution in [0.4, 0.5) is 4.79 Å². The van der Waals surface area contributed by atoms with Crippen molar-refractivity contribution in [3.05, 3.63) is 0 Å². The number of hydrogen-bond donors (Lipinski definition) is 4. The van der Waals surface area contributed by atoms with E-state index >= 15 is 0 Å². The molecule has 0 radical (unpaired) electrons. The molecule has 4 aliphatic carbocycles. The SMILES string of the molecule is CC[C@H]1[C@@H](O)[C@@H]2[C@H](CC[C@]3(C)[C@@H](CCCNC(=O)NS(=O)(=O)C(C)(C)C)CC[C@@H]23)[C@@]2(C)CC[C@@H](O)C[C@@H]12. The average molecular weight is 541 g/mol. The minimum atomic E-state index is -3.72. The minimum Gasteiger partial charge on any atom is -0.393 e. The van der Waals surface area contributed by atoms with Crippen LogP contribution in [0.1, 0.15) is 106 Å². The molecule has 4 fully saturated rings. The summed E-state index contributed by atoms with van der Waals surface area (Å²) >= 11 is 0. The van der Waals surface area contributed by atoms with E-state index in [2.05, 4.69) is 30.8 Å². The van der Waals surface area contributed by atoms with Gasteiger partial charge >= 0.3 is 6.03 Å². The summed E-state index contributed by atoms with van der Waals surface area (Å²) in [7, 11) is -3.72. The molecule has 214 valence electrons. The Hall–Kier alpha value is -0.860. The quantitative estimate of drug-likeness (QED) is 0.361. The molecule has 10 atom stereocenters. The number of aliphatic hydroxyl groups is 2. The van der Waals surface area contributed by atoms with Gasteiger partial charge in [0.25, 0.3) is 0 Å². The fraction of sp³-hybridized carbons (Fsp3) is 0.966. The number of carbonyl (C=O) groups is 1. The van der Waals surface area contributed by atoms with Gasteiger partial charge in [-0.25, -0.2) is 17.9 Å². The standard InChI is InChI=1S/C29H52N2O5S/c1-7-20-23-17-19(32)12-14-29(23,6)22-13-15-28(5)18(10-11-21(28)24(22)25(20)33)9-8-16-30-26(34)31-37(35,36)27(2,3)4/h18-25,32-33H,7-17H2,1-6H3,(H2,30,31,34)/t18-,19+,20+,21-,22-,23-,24-,25+,28+,29+/m0/s1. The van der Waals surface area contributed by atoms with Gasteiger partial charge in [0, 0.05) is 6.54 Å². The maximum Gasteiger partial charge on any atom is 0.328 e. The molecule has 0 aromatic carbocycles. The van der Waals surface area contributed by atoms with Crippen LogP contribution >= 0.6 is 0 Å². The second-order valence-electron chi connectivity index (χ2n) is 14.3. The van der Waals surface area contributed by atoms with Crippen molar-refractivity contribution in [1.29, 1.82) is 0 Å². The molecule has 8 heteroatoms. The van der Waals surface area contributed by atoms with E-state index < -0.39 is 20.8 Å². The van der Waals surface area contributed by atoms with Gasteiger partial charge in [-0.15, -0.1) is 0 Å². The van der Waals surface area contributed by atoms with Gasteiger partial charge in [-0.3, -0.25) is 0 Å². The number of hydrogen-bond acceptors (Lipinski definition) is 5. The summed E-state index contributed by atoms with van der Waals surface area (Å²) < 4.78 is 25.5. The molecule has 4 aliphatic rings. The zero-order valence-corrected chi connectivity index (χ0v) is 24.7. The maximum absolute atomic E-state index is 12.2. The zero-order valence-electron chi connectivity index (χ0n) is 23.9. The predicted molar refractivity (Wildman–Crippen MR) is 146 cm³/mol. The van der Waals surface area contributed by atoms with Crippen molar-refractivity contribution in [1.82, 2.24) is 10.0 Å². The van der Waals surface area contributed by atoms with E-state index in [4.69, 9.17) is 0 Å². The minimum absolute atomic E-state index is 0.204. The fourth-order valence-electron chi connectivity index (χ4n) is 9.40. The van der Waals surface area contributed by atoms with Crippen LogP contribution in [0, 0.1) is 46.3 Å². The summed E-state index contributed by atoms with van der Waals surface area (Å²) in [6.07, 6.45) is 9.81. The lowest BCUT2D eigenvalue weighted by molar-refractivity contribution is -0.202. The lowest BCUT2D eigenvalue weighted by atomic mass is 9.41. The maximum atomic E-state index is 12.2. The number of fused-ring (bicyclic) bond motifs is 5. The van der Waals surface area contributed by atoms with E-state index in [1.807, 2.05) is 0 Å². The third kappa shape index (κ3) is 5.08. The molecule has 0 heterocycles. The van der Waals surface area contributed by atoms with Crippen LogP contribution in [0.5, 0.6) is 0 Å². The normalized spacial score (nSPS) is 43.9. The molecule has 0 unspecified atom stereocenters. The van der Waals surface area contributed by atoms with Crippen molar-refractivity contribution in [2.24, 2.45) is 46.3 Å². The van der Waals surface area contributed by atoms with Crippen molar-refractivity contribution < 1.29 is 23.4 Å². The highest BCUT2D eigenvalue weighted by Gasteiger charge is 2.64. The Bertz CT molecular complexity index is 948. The summed E-state index contributed by atoms with van der Waals surface area (Å²) in [5.41, 5.74) is 0.420. The Morgan fingerprint density at radius 1 is 0.973 bits per heavy atom. The lowest BCUT2D eigenvalue weighted by Crippen LogP contribution is -2.62. The molecule has 4 N–H and O–H groups in total. The number of carbonyl (C=O) groups excluding carboxylic acids is 1. The summed E-state index contributed by atoms with van der Waals surface area (Å²) in [5, 5.41) is 25.0. The van der Waals surface area contributed by atoms with Gasteiger partial charge in [-0.05, 0) is 125 Å². The number of aliphatic hydroxyl groups excluding tert-OH is 2. The molecule has 2 amide bonds. The number of nitrogens with one attached hydrogen (secondary N) is 2. The van der Waals surface area contributed by atoms with Crippen LogP contribution in [0.15, 0.2) is 0 Å². The first kappa shape index (κ1) is 29.1. The molecule has 0 bridgehead atoms. The van der Waals surface area contributed by atoms with E-state index in [0.717, 1.165) is 57.8 Å². The molecular formula is C29H52N2O5S. The second-order valence-corrected chi connectivity index (χ2v) is 16.8. The van der Waals surface area contributed by atoms with Crippen LogP contribution in [0.25, 0.3) is 0 Å². The van der Waals surface area contributed by atoms with Crippen molar-refractivity contribution in [3.63, 3.8) is 0 Å². The van der Waals surface area contributed by atoms with Crippen molar-refractivity contribution in [3.8, 4) is 0 Å². The van der Waals surface area contributed by atoms with Crippen LogP contribution < -0.4 is 10.0 Å². The second kappa shape index (κ2) is 10.3. The Morgan fingerprint density at radius 3 is 2.27 bits per heavy atom. The highest BCUT2D eigenvalue weighted by Crippen LogP contribution is 2.69. The summed E-state index contributed by atoms with van der Waals surface area (Å²) in [4.78, 5) is 12.2. The first-order valence-electron chi connectivity index (χ1n) is 14.8. The molecule has 4 rings (SSSR count). The van der Waals surface area contributed by atoms with E-state index in [9.17, 15) is 23.4 Å². The van der Waals surface area contributed by atoms with Crippen molar-refractivity contribution >= 4 is 16.1 Å². The van der Waals surface area contributed by atoms with Gasteiger partial charge in [0.2, 0.25) is 10.0 Å². The average Bonchev–Trinajstić information content (AvgIpc) is 3.13. The third-order valence-electron chi connectivity index (χ3n) is 11.6. The number of sulfonamides is 1. The van der Waals surface area contributed by atoms with E-state index in [0.29, 0.717) is 36.1 Å². The van der Waals surface area contributed by atoms with Gasteiger partial charge in [0.15, 0.2) is 0 Å². The van der Waals surface area contributed by atoms with Crippen molar-refractivity contribution in [2.75, 3.05) is 6.54 Å². The Morgan fingerprint density at radius 2 is 1.62 bits per heavy atom. The van der Waals surface area contributed by atoms with Crippen LogP contribution in [0.2, 0.25) is 0 Å². The van der Waals surface area contributed by atoms with Gasteiger partial charge in [0.05, 0.1) is 17.0 Å². The molecule has 0 spiro atoms. The van der Waals surface area contributed by atoms with E-state index in [-0.39, 0.29) is 29.0 Å². The molecular weight excluding hydrogens is 488 g/mol. The predicted octanol–water partition coefficient (Wildman–Crippen LogP) is 4.82. The highest BCUT2D eigenvalue weighted by atomic mass is 32.2. The molecule has 4 saturated carbocycles. The van der Waals surface area contributed by atoms with Crippen LogP contribution in [-0.4, -0.2) is 48.2 Å². The van der Waals surface area contributed by atoms with Gasteiger partial charge in [-0.2, -0.15) is 0 Å². The van der Waals surface area contributed by atoms with E-state index in [1.165, 1.54) is 6.42 Å². The van der Waals surface area contributed by atoms with Gasteiger partial charge in [-0.1, -0.05) is 27.2 Å². The fourth-order valence-corrected chi connectivity index (χ4v) is 10.0. The zero-order chi connectivity index (χ0) is 27.4. The lowest BCUT2D eigenvalue weighted by Gasteiger charge is -2.64. The molecule has 0 saturated heterocycles.